The summed E-state index contributed by atoms with van der Waals surface area (Å²) in [5, 5.41) is 0. The van der Waals surface area contributed by atoms with Crippen molar-refractivity contribution in [3.63, 3.8) is 0 Å². The van der Waals surface area contributed by atoms with Crippen molar-refractivity contribution in [2.75, 3.05) is 0 Å². The summed E-state index contributed by atoms with van der Waals surface area (Å²) in [6.45, 7) is 0. The molecule has 78 valence electrons. The lowest BCUT2D eigenvalue weighted by molar-refractivity contribution is 0.268. The highest BCUT2D eigenvalue weighted by Crippen LogP contribution is 2.65. The van der Waals surface area contributed by atoms with Crippen molar-refractivity contribution in [3.05, 3.63) is 35.5 Å². The Labute approximate surface area is 90.5 Å². The Kier molecular flexibility index (Phi) is 1.37. The molecule has 4 rings (SSSR count). The zero-order valence-electron chi connectivity index (χ0n) is 8.96. The summed E-state index contributed by atoms with van der Waals surface area (Å²) in [6, 6.07) is 0. The standard InChI is InChI=1S/C14H16O/c1-2-6-12-10-14-8-4-3-7-13(14,15-14)9-11(12)5-1/h1-4H,5-10H2. The molecule has 1 fully saturated rings. The van der Waals surface area contributed by atoms with Crippen molar-refractivity contribution >= 4 is 0 Å². The van der Waals surface area contributed by atoms with Crippen LogP contribution in [0.2, 0.25) is 0 Å². The molecule has 0 spiro atoms. The maximum Gasteiger partial charge on any atom is 0.106 e. The third kappa shape index (κ3) is 0.926. The molecule has 1 aliphatic heterocycles. The topological polar surface area (TPSA) is 12.5 Å². The summed E-state index contributed by atoms with van der Waals surface area (Å²) in [5.41, 5.74) is 3.82. The average molecular weight is 200 g/mol. The molecular formula is C14H16O. The maximum atomic E-state index is 6.17. The molecular weight excluding hydrogens is 184 g/mol. The SMILES string of the molecule is C1=CCC2=C(C1)CC13CC=CCC1(C2)O3. The first-order valence-corrected chi connectivity index (χ1v) is 6.04. The molecule has 1 heterocycles. The molecule has 0 aromatic heterocycles. The number of ether oxygens (including phenoxy) is 1. The molecule has 15 heavy (non-hydrogen) atoms. The smallest absolute Gasteiger partial charge is 0.106 e. The van der Waals surface area contributed by atoms with Crippen LogP contribution in [0.1, 0.15) is 38.5 Å². The average Bonchev–Trinajstić information content (AvgIpc) is 2.93. The van der Waals surface area contributed by atoms with Crippen molar-refractivity contribution in [1.82, 2.24) is 0 Å². The molecule has 0 radical (unpaired) electrons. The predicted octanol–water partition coefficient (Wildman–Crippen LogP) is 3.28. The Morgan fingerprint density at radius 2 is 1.33 bits per heavy atom. The second-order valence-electron chi connectivity index (χ2n) is 5.41. The molecule has 0 aromatic rings. The normalized spacial score (nSPS) is 45.9. The number of rotatable bonds is 0. The number of allylic oxidation sites excluding steroid dienone is 2. The van der Waals surface area contributed by atoms with Crippen LogP contribution in [0.4, 0.5) is 0 Å². The summed E-state index contributed by atoms with van der Waals surface area (Å²) in [6.07, 6.45) is 16.3. The van der Waals surface area contributed by atoms with Crippen LogP contribution in [0.15, 0.2) is 35.5 Å². The zero-order valence-corrected chi connectivity index (χ0v) is 8.96. The van der Waals surface area contributed by atoms with Crippen LogP contribution in [-0.4, -0.2) is 11.2 Å². The molecule has 1 nitrogen and oxygen atoms in total. The highest BCUT2D eigenvalue weighted by Gasteiger charge is 2.70. The highest BCUT2D eigenvalue weighted by atomic mass is 16.6. The Balaban J connectivity index is 1.73. The first-order chi connectivity index (χ1) is 7.34. The zero-order chi connectivity index (χ0) is 9.93. The van der Waals surface area contributed by atoms with Crippen LogP contribution in [0.3, 0.4) is 0 Å². The number of epoxide rings is 1. The fourth-order valence-electron chi connectivity index (χ4n) is 3.71. The molecule has 0 N–H and O–H groups in total. The van der Waals surface area contributed by atoms with Crippen molar-refractivity contribution in [2.24, 2.45) is 0 Å². The van der Waals surface area contributed by atoms with E-state index in [0.717, 1.165) is 12.8 Å². The van der Waals surface area contributed by atoms with E-state index in [1.54, 1.807) is 11.1 Å². The fourth-order valence-corrected chi connectivity index (χ4v) is 3.71. The molecule has 1 heteroatoms. The van der Waals surface area contributed by atoms with E-state index in [1.165, 1.54) is 25.7 Å². The van der Waals surface area contributed by atoms with E-state index in [1.807, 2.05) is 0 Å². The molecule has 0 bridgehead atoms. The van der Waals surface area contributed by atoms with Crippen LogP contribution in [0.25, 0.3) is 0 Å². The van der Waals surface area contributed by atoms with Crippen LogP contribution in [0.5, 0.6) is 0 Å². The number of hydrogen-bond donors (Lipinski definition) is 0. The monoisotopic (exact) mass is 200 g/mol. The lowest BCUT2D eigenvalue weighted by atomic mass is 9.69. The van der Waals surface area contributed by atoms with Crippen LogP contribution < -0.4 is 0 Å². The third-order valence-electron chi connectivity index (χ3n) is 4.63. The van der Waals surface area contributed by atoms with Crippen LogP contribution in [0, 0.1) is 0 Å². The van der Waals surface area contributed by atoms with Gasteiger partial charge in [0.25, 0.3) is 0 Å². The number of hydrogen-bond acceptors (Lipinski definition) is 1. The highest BCUT2D eigenvalue weighted by molar-refractivity contribution is 5.40. The summed E-state index contributed by atoms with van der Waals surface area (Å²) in [4.78, 5) is 0. The quantitative estimate of drug-likeness (QED) is 0.432. The van der Waals surface area contributed by atoms with Gasteiger partial charge in [0.05, 0.1) is 0 Å². The Hall–Kier alpha value is -0.820. The predicted molar refractivity (Wildman–Crippen MR) is 59.6 cm³/mol. The summed E-state index contributed by atoms with van der Waals surface area (Å²) in [7, 11) is 0. The van der Waals surface area contributed by atoms with E-state index >= 15 is 0 Å². The first-order valence-electron chi connectivity index (χ1n) is 6.04. The van der Waals surface area contributed by atoms with E-state index < -0.39 is 0 Å². The van der Waals surface area contributed by atoms with Gasteiger partial charge in [-0.25, -0.2) is 0 Å². The summed E-state index contributed by atoms with van der Waals surface area (Å²) in [5.74, 6) is 0. The summed E-state index contributed by atoms with van der Waals surface area (Å²) >= 11 is 0. The Morgan fingerprint density at radius 1 is 0.800 bits per heavy atom. The van der Waals surface area contributed by atoms with Crippen molar-refractivity contribution in [1.29, 1.82) is 0 Å². The lowest BCUT2D eigenvalue weighted by Crippen LogP contribution is -2.33. The van der Waals surface area contributed by atoms with E-state index in [0.29, 0.717) is 0 Å². The van der Waals surface area contributed by atoms with Crippen molar-refractivity contribution < 1.29 is 4.74 Å². The van der Waals surface area contributed by atoms with Crippen molar-refractivity contribution in [2.45, 2.75) is 49.7 Å². The van der Waals surface area contributed by atoms with Gasteiger partial charge in [-0.2, -0.15) is 0 Å². The van der Waals surface area contributed by atoms with Gasteiger partial charge >= 0.3 is 0 Å². The molecule has 0 saturated carbocycles. The van der Waals surface area contributed by atoms with Gasteiger partial charge in [0.2, 0.25) is 0 Å². The van der Waals surface area contributed by atoms with Gasteiger partial charge in [-0.05, 0) is 25.7 Å². The van der Waals surface area contributed by atoms with E-state index in [9.17, 15) is 0 Å². The van der Waals surface area contributed by atoms with Gasteiger partial charge in [-0.15, -0.1) is 0 Å². The molecule has 3 aliphatic carbocycles. The Morgan fingerprint density at radius 3 is 1.87 bits per heavy atom. The van der Waals surface area contributed by atoms with Crippen LogP contribution in [-0.2, 0) is 4.74 Å². The minimum absolute atomic E-state index is 0.228. The van der Waals surface area contributed by atoms with Crippen LogP contribution >= 0.6 is 0 Å². The van der Waals surface area contributed by atoms with E-state index in [2.05, 4.69) is 24.3 Å². The molecule has 2 atom stereocenters. The third-order valence-corrected chi connectivity index (χ3v) is 4.63. The van der Waals surface area contributed by atoms with Gasteiger partial charge in [0, 0.05) is 12.8 Å². The molecule has 0 aromatic carbocycles. The Bertz CT molecular complexity index is 379. The molecule has 1 saturated heterocycles. The largest absolute Gasteiger partial charge is 0.361 e. The van der Waals surface area contributed by atoms with Gasteiger partial charge in [-0.1, -0.05) is 35.5 Å². The minimum atomic E-state index is 0.228. The second-order valence-corrected chi connectivity index (χ2v) is 5.41. The molecule has 4 aliphatic rings. The van der Waals surface area contributed by atoms with E-state index in [-0.39, 0.29) is 11.2 Å². The second kappa shape index (κ2) is 2.46. The minimum Gasteiger partial charge on any atom is -0.361 e. The van der Waals surface area contributed by atoms with Gasteiger partial charge < -0.3 is 4.74 Å². The van der Waals surface area contributed by atoms with E-state index in [4.69, 9.17) is 4.74 Å². The molecule has 0 amide bonds. The van der Waals surface area contributed by atoms with Crippen molar-refractivity contribution in [3.8, 4) is 0 Å². The molecule has 2 unspecified atom stereocenters. The fraction of sp³-hybridized carbons (Fsp3) is 0.571. The lowest BCUT2D eigenvalue weighted by Gasteiger charge is -2.31. The van der Waals surface area contributed by atoms with Gasteiger partial charge in [0.1, 0.15) is 11.2 Å². The van der Waals surface area contributed by atoms with Gasteiger partial charge in [-0.3, -0.25) is 0 Å². The summed E-state index contributed by atoms with van der Waals surface area (Å²) < 4.78 is 6.17. The maximum absolute atomic E-state index is 6.17. The van der Waals surface area contributed by atoms with Gasteiger partial charge in [0.15, 0.2) is 0 Å². The first kappa shape index (κ1) is 8.35.